The van der Waals surface area contributed by atoms with E-state index in [-0.39, 0.29) is 0 Å². The SMILES string of the molecule is Brc1nnc2n1CCCN2. The van der Waals surface area contributed by atoms with Crippen molar-refractivity contribution in [3.63, 3.8) is 0 Å². The second kappa shape index (κ2) is 2.23. The van der Waals surface area contributed by atoms with Gasteiger partial charge in [0.1, 0.15) is 0 Å². The third kappa shape index (κ3) is 0.811. The Morgan fingerprint density at radius 1 is 1.50 bits per heavy atom. The number of aromatic nitrogens is 3. The Hall–Kier alpha value is -0.580. The summed E-state index contributed by atoms with van der Waals surface area (Å²) in [6.07, 6.45) is 1.14. The first-order valence-corrected chi connectivity index (χ1v) is 4.00. The van der Waals surface area contributed by atoms with Crippen molar-refractivity contribution in [1.82, 2.24) is 14.8 Å². The Kier molecular flexibility index (Phi) is 1.37. The van der Waals surface area contributed by atoms with Gasteiger partial charge in [-0.05, 0) is 22.4 Å². The van der Waals surface area contributed by atoms with Crippen LogP contribution in [-0.4, -0.2) is 21.3 Å². The first-order valence-electron chi connectivity index (χ1n) is 3.20. The predicted octanol–water partition coefficient (Wildman–Crippen LogP) is 0.856. The van der Waals surface area contributed by atoms with Gasteiger partial charge in [0.25, 0.3) is 0 Å². The average molecular weight is 203 g/mol. The zero-order valence-electron chi connectivity index (χ0n) is 5.34. The molecule has 0 spiro atoms. The smallest absolute Gasteiger partial charge is 0.225 e. The lowest BCUT2D eigenvalue weighted by molar-refractivity contribution is 0.616. The van der Waals surface area contributed by atoms with E-state index in [1.54, 1.807) is 0 Å². The lowest BCUT2D eigenvalue weighted by Crippen LogP contribution is -2.17. The van der Waals surface area contributed by atoms with E-state index >= 15 is 0 Å². The van der Waals surface area contributed by atoms with Gasteiger partial charge in [-0.2, -0.15) is 0 Å². The molecule has 0 aromatic carbocycles. The van der Waals surface area contributed by atoms with Gasteiger partial charge in [-0.25, -0.2) is 0 Å². The van der Waals surface area contributed by atoms with Gasteiger partial charge < -0.3 is 5.32 Å². The van der Waals surface area contributed by atoms with Gasteiger partial charge in [0.2, 0.25) is 10.7 Å². The molecule has 5 heteroatoms. The van der Waals surface area contributed by atoms with Gasteiger partial charge in [0.05, 0.1) is 0 Å². The van der Waals surface area contributed by atoms with Crippen LogP contribution in [0.2, 0.25) is 0 Å². The molecule has 10 heavy (non-hydrogen) atoms. The van der Waals surface area contributed by atoms with Crippen LogP contribution in [0.1, 0.15) is 6.42 Å². The molecule has 0 radical (unpaired) electrons. The summed E-state index contributed by atoms with van der Waals surface area (Å²) in [5.41, 5.74) is 0. The Morgan fingerprint density at radius 2 is 2.40 bits per heavy atom. The second-order valence-corrected chi connectivity index (χ2v) is 2.93. The van der Waals surface area contributed by atoms with Crippen molar-refractivity contribution in [3.8, 4) is 0 Å². The summed E-state index contributed by atoms with van der Waals surface area (Å²) in [5.74, 6) is 0.873. The first kappa shape index (κ1) is 6.15. The summed E-state index contributed by atoms with van der Waals surface area (Å²) in [6, 6.07) is 0. The highest BCUT2D eigenvalue weighted by Gasteiger charge is 2.12. The zero-order valence-corrected chi connectivity index (χ0v) is 6.93. The number of hydrogen-bond donors (Lipinski definition) is 1. The molecular weight excluding hydrogens is 196 g/mol. The molecule has 1 aromatic heterocycles. The Balaban J connectivity index is 2.45. The van der Waals surface area contributed by atoms with Crippen LogP contribution in [-0.2, 0) is 6.54 Å². The summed E-state index contributed by atoms with van der Waals surface area (Å²) in [4.78, 5) is 0. The molecule has 1 aliphatic rings. The van der Waals surface area contributed by atoms with Crippen molar-refractivity contribution in [2.45, 2.75) is 13.0 Å². The molecule has 1 N–H and O–H groups in total. The average Bonchev–Trinajstić information content (AvgIpc) is 2.34. The fraction of sp³-hybridized carbons (Fsp3) is 0.600. The van der Waals surface area contributed by atoms with Crippen LogP contribution in [0.3, 0.4) is 0 Å². The van der Waals surface area contributed by atoms with Crippen LogP contribution < -0.4 is 5.32 Å². The van der Waals surface area contributed by atoms with Gasteiger partial charge in [-0.15, -0.1) is 10.2 Å². The molecule has 1 aromatic rings. The topological polar surface area (TPSA) is 42.7 Å². The quantitative estimate of drug-likeness (QED) is 0.679. The molecule has 0 aliphatic carbocycles. The minimum atomic E-state index is 0.815. The highest BCUT2D eigenvalue weighted by atomic mass is 79.9. The largest absolute Gasteiger partial charge is 0.354 e. The number of halogens is 1. The minimum absolute atomic E-state index is 0.815. The molecule has 4 nitrogen and oxygen atoms in total. The molecule has 2 heterocycles. The van der Waals surface area contributed by atoms with Crippen molar-refractivity contribution >= 4 is 21.9 Å². The fourth-order valence-electron chi connectivity index (χ4n) is 1.05. The Labute approximate surface area is 66.8 Å². The van der Waals surface area contributed by atoms with E-state index in [0.29, 0.717) is 0 Å². The van der Waals surface area contributed by atoms with E-state index < -0.39 is 0 Å². The van der Waals surface area contributed by atoms with Crippen LogP contribution in [0.4, 0.5) is 5.95 Å². The fourth-order valence-corrected chi connectivity index (χ4v) is 1.47. The third-order valence-electron chi connectivity index (χ3n) is 1.55. The highest BCUT2D eigenvalue weighted by Crippen LogP contribution is 2.16. The molecule has 1 aliphatic heterocycles. The van der Waals surface area contributed by atoms with Gasteiger partial charge >= 0.3 is 0 Å². The minimum Gasteiger partial charge on any atom is -0.354 e. The summed E-state index contributed by atoms with van der Waals surface area (Å²) in [5, 5.41) is 10.9. The van der Waals surface area contributed by atoms with Crippen LogP contribution in [0.15, 0.2) is 4.73 Å². The summed E-state index contributed by atoms with van der Waals surface area (Å²) in [7, 11) is 0. The normalized spacial score (nSPS) is 16.1. The van der Waals surface area contributed by atoms with Crippen molar-refractivity contribution in [2.24, 2.45) is 0 Å². The van der Waals surface area contributed by atoms with Crippen LogP contribution in [0.25, 0.3) is 0 Å². The zero-order chi connectivity index (χ0) is 6.97. The van der Waals surface area contributed by atoms with E-state index in [2.05, 4.69) is 31.4 Å². The molecule has 0 atom stereocenters. The maximum atomic E-state index is 3.91. The number of anilines is 1. The third-order valence-corrected chi connectivity index (χ3v) is 2.13. The highest BCUT2D eigenvalue weighted by molar-refractivity contribution is 9.10. The van der Waals surface area contributed by atoms with Crippen molar-refractivity contribution in [3.05, 3.63) is 4.73 Å². The number of nitrogens with one attached hydrogen (secondary N) is 1. The molecule has 0 amide bonds. The van der Waals surface area contributed by atoms with Gasteiger partial charge in [0, 0.05) is 13.1 Å². The van der Waals surface area contributed by atoms with E-state index in [4.69, 9.17) is 0 Å². The van der Waals surface area contributed by atoms with Gasteiger partial charge in [-0.3, -0.25) is 4.57 Å². The standard InChI is InChI=1S/C5H7BrN4/c6-4-8-9-5-7-2-1-3-10(4)5/h1-3H2,(H,7,9). The summed E-state index contributed by atoms with van der Waals surface area (Å²) >= 11 is 3.30. The molecule has 54 valence electrons. The van der Waals surface area contributed by atoms with Gasteiger partial charge in [-0.1, -0.05) is 0 Å². The molecule has 0 saturated heterocycles. The number of rotatable bonds is 0. The number of nitrogens with zero attached hydrogens (tertiary/aromatic N) is 3. The maximum Gasteiger partial charge on any atom is 0.225 e. The number of hydrogen-bond acceptors (Lipinski definition) is 3. The van der Waals surface area contributed by atoms with E-state index in [9.17, 15) is 0 Å². The first-order chi connectivity index (χ1) is 4.88. The molecule has 2 rings (SSSR count). The van der Waals surface area contributed by atoms with Crippen molar-refractivity contribution in [1.29, 1.82) is 0 Å². The molecular formula is C5H7BrN4. The van der Waals surface area contributed by atoms with Crippen molar-refractivity contribution in [2.75, 3.05) is 11.9 Å². The number of fused-ring (bicyclic) bond motifs is 1. The van der Waals surface area contributed by atoms with Crippen LogP contribution >= 0.6 is 15.9 Å². The van der Waals surface area contributed by atoms with Gasteiger partial charge in [0.15, 0.2) is 0 Å². The molecule has 0 bridgehead atoms. The maximum absolute atomic E-state index is 3.91. The molecule has 0 saturated carbocycles. The lowest BCUT2D eigenvalue weighted by Gasteiger charge is -2.14. The lowest BCUT2D eigenvalue weighted by atomic mass is 10.4. The van der Waals surface area contributed by atoms with Crippen molar-refractivity contribution < 1.29 is 0 Å². The van der Waals surface area contributed by atoms with E-state index in [1.807, 2.05) is 4.57 Å². The molecule has 0 unspecified atom stereocenters. The second-order valence-electron chi connectivity index (χ2n) is 2.22. The van der Waals surface area contributed by atoms with E-state index in [1.165, 1.54) is 0 Å². The predicted molar refractivity (Wildman–Crippen MR) is 40.8 cm³/mol. The van der Waals surface area contributed by atoms with Crippen LogP contribution in [0.5, 0.6) is 0 Å². The molecule has 0 fully saturated rings. The Bertz CT molecular complexity index is 244. The monoisotopic (exact) mass is 202 g/mol. The summed E-state index contributed by atoms with van der Waals surface area (Å²) in [6.45, 7) is 2.01. The van der Waals surface area contributed by atoms with E-state index in [0.717, 1.165) is 30.2 Å². The summed E-state index contributed by atoms with van der Waals surface area (Å²) < 4.78 is 2.83. The van der Waals surface area contributed by atoms with Crippen LogP contribution in [0, 0.1) is 0 Å². The Morgan fingerprint density at radius 3 is 3.20 bits per heavy atom.